The van der Waals surface area contributed by atoms with Gasteiger partial charge in [0.05, 0.1) is 11.0 Å². The largest absolute Gasteiger partial charge is 0.477 e. The van der Waals surface area contributed by atoms with Crippen molar-refractivity contribution in [1.29, 1.82) is 5.26 Å². The van der Waals surface area contributed by atoms with Gasteiger partial charge in [0, 0.05) is 40.6 Å². The van der Waals surface area contributed by atoms with Gasteiger partial charge in [0.2, 0.25) is 0 Å². The summed E-state index contributed by atoms with van der Waals surface area (Å²) in [5.41, 5.74) is 7.27. The summed E-state index contributed by atoms with van der Waals surface area (Å²) < 4.78 is 2.42. The molecule has 1 aliphatic carbocycles. The first-order chi connectivity index (χ1) is 21.6. The van der Waals surface area contributed by atoms with E-state index in [9.17, 15) is 15.2 Å². The Balaban J connectivity index is 1.34. The van der Waals surface area contributed by atoms with E-state index in [0.717, 1.165) is 4.88 Å². The third kappa shape index (κ3) is 4.78. The highest BCUT2D eigenvalue weighted by Crippen LogP contribution is 2.57. The van der Waals surface area contributed by atoms with E-state index in [1.807, 2.05) is 17.4 Å². The molecule has 0 bridgehead atoms. The molecule has 4 aromatic heterocycles. The van der Waals surface area contributed by atoms with Crippen LogP contribution in [-0.4, -0.2) is 15.6 Å². The monoisotopic (exact) mass is 660 g/mol. The van der Waals surface area contributed by atoms with E-state index in [4.69, 9.17) is 0 Å². The van der Waals surface area contributed by atoms with E-state index in [2.05, 4.69) is 115 Å². The second kappa shape index (κ2) is 10.3. The summed E-state index contributed by atoms with van der Waals surface area (Å²) in [6.07, 6.45) is 1.49. The van der Waals surface area contributed by atoms with E-state index in [1.165, 1.54) is 74.6 Å². The Hall–Kier alpha value is -3.96. The van der Waals surface area contributed by atoms with Crippen LogP contribution >= 0.6 is 34.0 Å². The van der Waals surface area contributed by atoms with E-state index in [-0.39, 0.29) is 21.8 Å². The zero-order valence-corrected chi connectivity index (χ0v) is 29.8. The van der Waals surface area contributed by atoms with Gasteiger partial charge in [0.25, 0.3) is 0 Å². The molecule has 0 atom stereocenters. The van der Waals surface area contributed by atoms with Crippen molar-refractivity contribution < 1.29 is 9.90 Å². The fourth-order valence-corrected chi connectivity index (χ4v) is 10.3. The van der Waals surface area contributed by atoms with Crippen LogP contribution in [0.4, 0.5) is 0 Å². The number of hydrogen-bond acceptors (Lipinski definition) is 5. The number of fused-ring (bicyclic) bond motifs is 6. The number of hydrogen-bond donors (Lipinski definition) is 1. The van der Waals surface area contributed by atoms with Gasteiger partial charge in [-0.3, -0.25) is 0 Å². The number of thiophene rings is 3. The predicted molar refractivity (Wildman–Crippen MR) is 196 cm³/mol. The first-order valence-corrected chi connectivity index (χ1v) is 17.9. The smallest absolute Gasteiger partial charge is 0.346 e. The molecule has 7 rings (SSSR count). The minimum absolute atomic E-state index is 0.0570. The maximum Gasteiger partial charge on any atom is 0.346 e. The number of nitriles is 1. The molecular formula is C39H36N2O2S3. The lowest BCUT2D eigenvalue weighted by Crippen LogP contribution is -2.13. The summed E-state index contributed by atoms with van der Waals surface area (Å²) in [6, 6.07) is 24.6. The molecule has 1 N–H and O–H groups in total. The Labute approximate surface area is 281 Å². The van der Waals surface area contributed by atoms with Crippen molar-refractivity contribution in [1.82, 2.24) is 4.57 Å². The lowest BCUT2D eigenvalue weighted by atomic mass is 9.84. The molecule has 232 valence electrons. The van der Waals surface area contributed by atoms with E-state index >= 15 is 0 Å². The van der Waals surface area contributed by atoms with Gasteiger partial charge in [-0.05, 0) is 87.7 Å². The Morgan fingerprint density at radius 3 is 1.89 bits per heavy atom. The fraction of sp³-hybridized carbons (Fsp3) is 0.282. The summed E-state index contributed by atoms with van der Waals surface area (Å²) in [4.78, 5) is 17.1. The maximum atomic E-state index is 11.5. The molecule has 1 aliphatic rings. The van der Waals surface area contributed by atoms with Crippen molar-refractivity contribution in [3.63, 3.8) is 0 Å². The molecule has 46 heavy (non-hydrogen) atoms. The molecule has 0 aliphatic heterocycles. The second-order valence-corrected chi connectivity index (χ2v) is 18.0. The molecule has 0 saturated heterocycles. The first-order valence-electron chi connectivity index (χ1n) is 15.4. The van der Waals surface area contributed by atoms with E-state index in [1.54, 1.807) is 28.7 Å². The van der Waals surface area contributed by atoms with Crippen molar-refractivity contribution in [2.24, 2.45) is 0 Å². The number of carboxylic acids is 1. The van der Waals surface area contributed by atoms with Crippen LogP contribution in [0.25, 0.3) is 52.4 Å². The van der Waals surface area contributed by atoms with Gasteiger partial charge in [-0.15, -0.1) is 34.0 Å². The normalized spacial score (nSPS) is 14.5. The molecule has 4 heterocycles. The fourth-order valence-electron chi connectivity index (χ4n) is 6.46. The molecule has 0 radical (unpaired) electrons. The van der Waals surface area contributed by atoms with Crippen molar-refractivity contribution in [3.05, 3.63) is 93.4 Å². The Bertz CT molecular complexity index is 2230. The first kappa shape index (κ1) is 30.7. The van der Waals surface area contributed by atoms with Crippen molar-refractivity contribution in [2.45, 2.75) is 71.6 Å². The van der Waals surface area contributed by atoms with Gasteiger partial charge in [-0.2, -0.15) is 5.26 Å². The number of carbonyl (C=O) groups is 1. The number of benzene rings is 2. The molecule has 7 heteroatoms. The van der Waals surface area contributed by atoms with Crippen LogP contribution in [0.5, 0.6) is 0 Å². The third-order valence-corrected chi connectivity index (χ3v) is 12.9. The van der Waals surface area contributed by atoms with Gasteiger partial charge in [0.1, 0.15) is 16.6 Å². The van der Waals surface area contributed by atoms with Gasteiger partial charge < -0.3 is 9.67 Å². The van der Waals surface area contributed by atoms with Crippen LogP contribution in [0.2, 0.25) is 0 Å². The van der Waals surface area contributed by atoms with Gasteiger partial charge in [-0.25, -0.2) is 4.79 Å². The quantitative estimate of drug-likeness (QED) is 0.151. The molecule has 0 unspecified atom stereocenters. The topological polar surface area (TPSA) is 66.0 Å². The molecule has 0 spiro atoms. The van der Waals surface area contributed by atoms with Crippen LogP contribution in [0.1, 0.15) is 82.5 Å². The van der Waals surface area contributed by atoms with Crippen LogP contribution in [0.15, 0.2) is 66.2 Å². The van der Waals surface area contributed by atoms with Crippen molar-refractivity contribution in [2.75, 3.05) is 0 Å². The average molecular weight is 661 g/mol. The van der Waals surface area contributed by atoms with Crippen LogP contribution in [0.3, 0.4) is 0 Å². The lowest BCUT2D eigenvalue weighted by Gasteiger charge is -2.19. The van der Waals surface area contributed by atoms with Crippen LogP contribution in [0, 0.1) is 11.3 Å². The number of rotatable bonds is 4. The summed E-state index contributed by atoms with van der Waals surface area (Å²) in [6.45, 7) is 18.1. The molecular weight excluding hydrogens is 625 g/mol. The number of carboxylic acid groups (broad SMARTS) is 1. The predicted octanol–water partition coefficient (Wildman–Crippen LogP) is 11.5. The summed E-state index contributed by atoms with van der Waals surface area (Å²) in [5, 5.41) is 22.4. The SMILES string of the molecule is CC(C)(C)c1ccc2c(c1)c1cc(C(C)(C)C)ccc1n2-c1ccc(-c2cc3c(s2)-c2sc(C=C(C#N)C(=O)O)cc2C3(C)C)s1. The Morgan fingerprint density at radius 2 is 1.35 bits per heavy atom. The molecule has 4 nitrogen and oxygen atoms in total. The number of nitrogens with zero attached hydrogens (tertiary/aromatic N) is 2. The van der Waals surface area contributed by atoms with Crippen LogP contribution < -0.4 is 0 Å². The minimum Gasteiger partial charge on any atom is -0.477 e. The Kier molecular flexibility index (Phi) is 6.85. The van der Waals surface area contributed by atoms with Gasteiger partial charge >= 0.3 is 5.97 Å². The standard InChI is InChI=1S/C39H36N2O2S3/c1-37(2,3)22-9-11-29-25(16-22)26-17-23(38(4,5)6)10-12-30(26)41(29)33-14-13-31(45-33)32-19-28-35(46-32)34-27(39(28,7)8)18-24(44-34)15-21(20-40)36(42)43/h9-19H,1-8H3,(H,42,43). The molecule has 6 aromatic rings. The second-order valence-electron chi connectivity index (χ2n) is 14.8. The zero-order chi connectivity index (χ0) is 32.9. The average Bonchev–Trinajstić information content (AvgIpc) is 3.78. The van der Waals surface area contributed by atoms with E-state index in [0.29, 0.717) is 0 Å². The van der Waals surface area contributed by atoms with Crippen molar-refractivity contribution >= 4 is 67.9 Å². The van der Waals surface area contributed by atoms with E-state index < -0.39 is 5.97 Å². The minimum atomic E-state index is -1.20. The molecule has 0 fully saturated rings. The highest BCUT2D eigenvalue weighted by atomic mass is 32.1. The lowest BCUT2D eigenvalue weighted by molar-refractivity contribution is -0.132. The van der Waals surface area contributed by atoms with Crippen molar-refractivity contribution in [3.8, 4) is 30.6 Å². The molecule has 0 saturated carbocycles. The highest BCUT2D eigenvalue weighted by Gasteiger charge is 2.39. The van der Waals surface area contributed by atoms with Gasteiger partial charge in [-0.1, -0.05) is 67.5 Å². The number of aromatic nitrogens is 1. The zero-order valence-electron chi connectivity index (χ0n) is 27.3. The summed E-state index contributed by atoms with van der Waals surface area (Å²) >= 11 is 5.18. The highest BCUT2D eigenvalue weighted by molar-refractivity contribution is 7.27. The third-order valence-electron chi connectivity index (χ3n) is 9.23. The van der Waals surface area contributed by atoms with Crippen LogP contribution in [-0.2, 0) is 21.0 Å². The molecule has 2 aromatic carbocycles. The Morgan fingerprint density at radius 1 is 0.783 bits per heavy atom. The maximum absolute atomic E-state index is 11.5. The summed E-state index contributed by atoms with van der Waals surface area (Å²) in [7, 11) is 0. The summed E-state index contributed by atoms with van der Waals surface area (Å²) in [5.74, 6) is -1.20. The van der Waals surface area contributed by atoms with Gasteiger partial charge in [0.15, 0.2) is 0 Å². The number of aliphatic carboxylic acids is 1. The molecule has 0 amide bonds.